The lowest BCUT2D eigenvalue weighted by Crippen LogP contribution is -2.29. The standard InChI is InChI=1S/C20H19ClFN3O3S/c1-12(10-28-2)25-19(27)14-5-3-4-6-16(14)24-20(25)29-11-18(26)23-17-8-7-13(22)9-15(17)21/h3-9,12H,10-11H2,1-2H3,(H,23,26). The van der Waals surface area contributed by atoms with E-state index in [2.05, 4.69) is 10.3 Å². The van der Waals surface area contributed by atoms with Crippen molar-refractivity contribution < 1.29 is 13.9 Å². The van der Waals surface area contributed by atoms with Crippen molar-refractivity contribution in [3.05, 3.63) is 63.7 Å². The molecule has 1 unspecified atom stereocenters. The fourth-order valence-corrected chi connectivity index (χ4v) is 3.95. The molecule has 0 radical (unpaired) electrons. The Morgan fingerprint density at radius 2 is 2.10 bits per heavy atom. The van der Waals surface area contributed by atoms with Crippen LogP contribution in [0.15, 0.2) is 52.4 Å². The van der Waals surface area contributed by atoms with Crippen molar-refractivity contribution >= 4 is 45.9 Å². The van der Waals surface area contributed by atoms with Crippen LogP contribution in [0, 0.1) is 5.82 Å². The monoisotopic (exact) mass is 435 g/mol. The van der Waals surface area contributed by atoms with Crippen molar-refractivity contribution in [3.63, 3.8) is 0 Å². The summed E-state index contributed by atoms with van der Waals surface area (Å²) in [6.45, 7) is 2.18. The molecule has 1 atom stereocenters. The highest BCUT2D eigenvalue weighted by Gasteiger charge is 2.18. The largest absolute Gasteiger partial charge is 0.383 e. The van der Waals surface area contributed by atoms with E-state index in [0.717, 1.165) is 17.8 Å². The number of nitrogens with zero attached hydrogens (tertiary/aromatic N) is 2. The first-order valence-electron chi connectivity index (χ1n) is 8.78. The summed E-state index contributed by atoms with van der Waals surface area (Å²) in [5, 5.41) is 3.66. The number of para-hydroxylation sites is 1. The minimum absolute atomic E-state index is 0.00180. The Balaban J connectivity index is 1.85. The van der Waals surface area contributed by atoms with Gasteiger partial charge in [0.15, 0.2) is 5.16 Å². The zero-order valence-corrected chi connectivity index (χ0v) is 17.4. The lowest BCUT2D eigenvalue weighted by atomic mass is 10.2. The summed E-state index contributed by atoms with van der Waals surface area (Å²) in [6, 6.07) is 10.5. The van der Waals surface area contributed by atoms with Crippen molar-refractivity contribution in [3.8, 4) is 0 Å². The van der Waals surface area contributed by atoms with E-state index in [0.29, 0.717) is 28.4 Å². The molecular weight excluding hydrogens is 417 g/mol. The first kappa shape index (κ1) is 21.3. The molecular formula is C20H19ClFN3O3S. The molecule has 3 aromatic rings. The number of anilines is 1. The molecule has 0 bridgehead atoms. The van der Waals surface area contributed by atoms with Gasteiger partial charge in [0, 0.05) is 7.11 Å². The van der Waals surface area contributed by atoms with Crippen molar-refractivity contribution in [1.82, 2.24) is 9.55 Å². The zero-order chi connectivity index (χ0) is 21.0. The Morgan fingerprint density at radius 3 is 2.83 bits per heavy atom. The predicted molar refractivity (Wildman–Crippen MR) is 113 cm³/mol. The number of methoxy groups -OCH3 is 1. The Morgan fingerprint density at radius 1 is 1.34 bits per heavy atom. The maximum atomic E-state index is 13.2. The van der Waals surface area contributed by atoms with Crippen LogP contribution in [0.1, 0.15) is 13.0 Å². The fraction of sp³-hybridized carbons (Fsp3) is 0.250. The smallest absolute Gasteiger partial charge is 0.262 e. The van der Waals surface area contributed by atoms with Crippen LogP contribution in [-0.4, -0.2) is 34.9 Å². The number of thioether (sulfide) groups is 1. The van der Waals surface area contributed by atoms with Gasteiger partial charge in [0.1, 0.15) is 5.82 Å². The molecule has 0 fully saturated rings. The highest BCUT2D eigenvalue weighted by atomic mass is 35.5. The van der Waals surface area contributed by atoms with E-state index in [-0.39, 0.29) is 28.3 Å². The van der Waals surface area contributed by atoms with Crippen LogP contribution < -0.4 is 10.9 Å². The van der Waals surface area contributed by atoms with Crippen LogP contribution in [0.25, 0.3) is 10.9 Å². The number of carbonyl (C=O) groups is 1. The zero-order valence-electron chi connectivity index (χ0n) is 15.8. The quantitative estimate of drug-likeness (QED) is 0.446. The van der Waals surface area contributed by atoms with E-state index < -0.39 is 5.82 Å². The molecule has 1 N–H and O–H groups in total. The summed E-state index contributed by atoms with van der Waals surface area (Å²) in [6.07, 6.45) is 0. The first-order valence-corrected chi connectivity index (χ1v) is 10.1. The lowest BCUT2D eigenvalue weighted by Gasteiger charge is -2.18. The van der Waals surface area contributed by atoms with Crippen LogP contribution in [-0.2, 0) is 9.53 Å². The van der Waals surface area contributed by atoms with Crippen LogP contribution in [0.4, 0.5) is 10.1 Å². The Labute approximate surface area is 176 Å². The molecule has 0 aliphatic rings. The molecule has 3 rings (SSSR count). The number of nitrogens with one attached hydrogen (secondary N) is 1. The second kappa shape index (κ2) is 9.39. The van der Waals surface area contributed by atoms with Crippen LogP contribution in [0.2, 0.25) is 5.02 Å². The van der Waals surface area contributed by atoms with Gasteiger partial charge < -0.3 is 10.1 Å². The van der Waals surface area contributed by atoms with E-state index in [1.54, 1.807) is 31.4 Å². The van der Waals surface area contributed by atoms with Crippen molar-refractivity contribution in [1.29, 1.82) is 0 Å². The third-order valence-electron chi connectivity index (χ3n) is 4.16. The number of halogens is 2. The highest BCUT2D eigenvalue weighted by Crippen LogP contribution is 2.24. The third-order valence-corrected chi connectivity index (χ3v) is 5.43. The SMILES string of the molecule is COCC(C)n1c(SCC(=O)Nc2ccc(F)cc2Cl)nc2ccccc2c1=O. The number of hydrogen-bond donors (Lipinski definition) is 1. The van der Waals surface area contributed by atoms with Crippen molar-refractivity contribution in [2.45, 2.75) is 18.1 Å². The molecule has 9 heteroatoms. The van der Waals surface area contributed by atoms with E-state index in [9.17, 15) is 14.0 Å². The van der Waals surface area contributed by atoms with Gasteiger partial charge in [0.25, 0.3) is 5.56 Å². The fourth-order valence-electron chi connectivity index (χ4n) is 2.84. The molecule has 29 heavy (non-hydrogen) atoms. The minimum Gasteiger partial charge on any atom is -0.383 e. The van der Waals surface area contributed by atoms with Crippen LogP contribution >= 0.6 is 23.4 Å². The number of benzene rings is 2. The number of rotatable bonds is 7. The molecule has 1 amide bonds. The van der Waals surface area contributed by atoms with E-state index >= 15 is 0 Å². The summed E-state index contributed by atoms with van der Waals surface area (Å²) >= 11 is 7.08. The number of fused-ring (bicyclic) bond motifs is 1. The molecule has 0 aliphatic carbocycles. The normalized spacial score (nSPS) is 12.1. The number of aromatic nitrogens is 2. The summed E-state index contributed by atoms with van der Waals surface area (Å²) in [5.74, 6) is -0.839. The van der Waals surface area contributed by atoms with Crippen molar-refractivity contribution in [2.75, 3.05) is 24.8 Å². The molecule has 1 heterocycles. The molecule has 152 valence electrons. The van der Waals surface area contributed by atoms with Crippen LogP contribution in [0.5, 0.6) is 0 Å². The predicted octanol–water partition coefficient (Wildman–Crippen LogP) is 4.13. The molecule has 6 nitrogen and oxygen atoms in total. The Hall–Kier alpha value is -2.42. The molecule has 0 aliphatic heterocycles. The lowest BCUT2D eigenvalue weighted by molar-refractivity contribution is -0.113. The highest BCUT2D eigenvalue weighted by molar-refractivity contribution is 7.99. The first-order chi connectivity index (χ1) is 13.9. The maximum Gasteiger partial charge on any atom is 0.262 e. The van der Waals surface area contributed by atoms with Gasteiger partial charge in [-0.3, -0.25) is 14.2 Å². The average molecular weight is 436 g/mol. The topological polar surface area (TPSA) is 73.2 Å². The van der Waals surface area contributed by atoms with Gasteiger partial charge in [-0.25, -0.2) is 9.37 Å². The molecule has 0 saturated heterocycles. The Bertz CT molecular complexity index is 1110. The summed E-state index contributed by atoms with van der Waals surface area (Å²) in [7, 11) is 1.56. The summed E-state index contributed by atoms with van der Waals surface area (Å²) in [4.78, 5) is 29.9. The van der Waals surface area contributed by atoms with Crippen LogP contribution in [0.3, 0.4) is 0 Å². The van der Waals surface area contributed by atoms with Gasteiger partial charge in [-0.2, -0.15) is 0 Å². The number of carbonyl (C=O) groups excluding carboxylic acids is 1. The Kier molecular flexibility index (Phi) is 6.89. The average Bonchev–Trinajstić information content (AvgIpc) is 2.69. The number of amides is 1. The summed E-state index contributed by atoms with van der Waals surface area (Å²) < 4.78 is 19.9. The van der Waals surface area contributed by atoms with E-state index in [4.69, 9.17) is 16.3 Å². The second-order valence-electron chi connectivity index (χ2n) is 6.35. The minimum atomic E-state index is -0.487. The second-order valence-corrected chi connectivity index (χ2v) is 7.70. The van der Waals surface area contributed by atoms with Gasteiger partial charge >= 0.3 is 0 Å². The van der Waals surface area contributed by atoms with Gasteiger partial charge in [-0.05, 0) is 37.3 Å². The summed E-state index contributed by atoms with van der Waals surface area (Å²) in [5.41, 5.74) is 0.683. The molecule has 1 aromatic heterocycles. The van der Waals surface area contributed by atoms with E-state index in [1.165, 1.54) is 16.7 Å². The van der Waals surface area contributed by atoms with Gasteiger partial charge in [-0.15, -0.1) is 0 Å². The molecule has 0 saturated carbocycles. The van der Waals surface area contributed by atoms with Gasteiger partial charge in [0.05, 0.1) is 40.0 Å². The third kappa shape index (κ3) is 4.95. The molecule has 2 aromatic carbocycles. The van der Waals surface area contributed by atoms with Crippen molar-refractivity contribution in [2.24, 2.45) is 0 Å². The maximum absolute atomic E-state index is 13.2. The number of hydrogen-bond acceptors (Lipinski definition) is 5. The number of ether oxygens (including phenoxy) is 1. The molecule has 0 spiro atoms. The van der Waals surface area contributed by atoms with E-state index in [1.807, 2.05) is 6.92 Å². The van der Waals surface area contributed by atoms with Gasteiger partial charge in [0.2, 0.25) is 5.91 Å². The van der Waals surface area contributed by atoms with Gasteiger partial charge in [-0.1, -0.05) is 35.5 Å².